The highest BCUT2D eigenvalue weighted by Gasteiger charge is 2.21. The summed E-state index contributed by atoms with van der Waals surface area (Å²) in [6, 6.07) is 30.6. The first-order valence-corrected chi connectivity index (χ1v) is 15.0. The number of nitrogens with zero attached hydrogens (tertiary/aromatic N) is 7. The second-order valence-corrected chi connectivity index (χ2v) is 10.4. The molecule has 0 amide bonds. The van der Waals surface area contributed by atoms with E-state index in [-0.39, 0.29) is 5.91 Å². The van der Waals surface area contributed by atoms with E-state index in [4.69, 9.17) is 4.98 Å². The fraction of sp³-hybridized carbons (Fsp3) is 0.200. The molecule has 0 aliphatic rings. The molecule has 0 saturated heterocycles. The van der Waals surface area contributed by atoms with Gasteiger partial charge in [0.2, 0.25) is 22.6 Å². The van der Waals surface area contributed by atoms with Crippen molar-refractivity contribution in [2.45, 2.75) is 26.7 Å². The summed E-state index contributed by atoms with van der Waals surface area (Å²) in [5.41, 5.74) is 8.52. The van der Waals surface area contributed by atoms with Crippen LogP contribution in [0.1, 0.15) is 31.5 Å². The van der Waals surface area contributed by atoms with E-state index in [1.54, 1.807) is 12.4 Å². The lowest BCUT2D eigenvalue weighted by molar-refractivity contribution is -0.538. The van der Waals surface area contributed by atoms with Crippen molar-refractivity contribution in [1.29, 1.82) is 0 Å². The van der Waals surface area contributed by atoms with Crippen LogP contribution in [0.15, 0.2) is 120 Å². The van der Waals surface area contributed by atoms with E-state index in [9.17, 15) is 4.79 Å². The van der Waals surface area contributed by atoms with E-state index in [0.29, 0.717) is 13.0 Å². The highest BCUT2D eigenvalue weighted by atomic mass is 16.2. The molecule has 0 radical (unpaired) electrons. The standard InChI is InChI=1S/C35H34N8O/c1-3-41(4-2)30-17-19-32-34(24-30)43(29-9-6-5-7-10-29)33-23-28(16-18-31(33)38-32)40-39-27-14-12-26(13-15-27)37-20-8-11-35(44)42-22-21-36-25-42/h5-7,9-10,12-19,21-25H,3-4,8,11,20H2,1-2H3/p+1. The van der Waals surface area contributed by atoms with Crippen LogP contribution in [0.5, 0.6) is 0 Å². The average molecular weight is 584 g/mol. The molecular weight excluding hydrogens is 548 g/mol. The zero-order valence-electron chi connectivity index (χ0n) is 25.0. The SMILES string of the molecule is CCN(CC)c1ccc2nc3ccc(N=Nc4ccc(NCCCC(=O)n5ccnc5)cc4)cc3[n+](-c3ccccc3)c2c1. The Hall–Kier alpha value is -5.44. The lowest BCUT2D eigenvalue weighted by Crippen LogP contribution is -2.33. The van der Waals surface area contributed by atoms with Crippen molar-refractivity contribution in [3.63, 3.8) is 0 Å². The Kier molecular flexibility index (Phi) is 8.63. The zero-order chi connectivity index (χ0) is 30.3. The number of fused-ring (bicyclic) bond motifs is 2. The summed E-state index contributed by atoms with van der Waals surface area (Å²) in [7, 11) is 0. The van der Waals surface area contributed by atoms with Crippen LogP contribution in [0, 0.1) is 0 Å². The number of imidazole rings is 1. The minimum atomic E-state index is 0.0383. The molecule has 0 saturated carbocycles. The van der Waals surface area contributed by atoms with Crippen molar-refractivity contribution in [2.75, 3.05) is 29.9 Å². The molecule has 2 heterocycles. The highest BCUT2D eigenvalue weighted by molar-refractivity contribution is 5.85. The van der Waals surface area contributed by atoms with Crippen molar-refractivity contribution in [1.82, 2.24) is 14.5 Å². The number of hydrogen-bond donors (Lipinski definition) is 1. The van der Waals surface area contributed by atoms with Gasteiger partial charge >= 0.3 is 0 Å². The number of carbonyl (C=O) groups is 1. The number of carbonyl (C=O) groups excluding carboxylic acids is 1. The monoisotopic (exact) mass is 583 g/mol. The predicted octanol–water partition coefficient (Wildman–Crippen LogP) is 7.66. The van der Waals surface area contributed by atoms with Crippen LogP contribution in [0.3, 0.4) is 0 Å². The van der Waals surface area contributed by atoms with Crippen molar-refractivity contribution >= 4 is 50.7 Å². The Morgan fingerprint density at radius 2 is 1.57 bits per heavy atom. The second-order valence-electron chi connectivity index (χ2n) is 10.4. The van der Waals surface area contributed by atoms with Gasteiger partial charge in [-0.05, 0) is 68.8 Å². The van der Waals surface area contributed by atoms with Gasteiger partial charge < -0.3 is 10.2 Å². The number of aromatic nitrogens is 4. The largest absolute Gasteiger partial charge is 0.385 e. The van der Waals surface area contributed by atoms with Gasteiger partial charge in [-0.1, -0.05) is 18.2 Å². The number of hydrogen-bond acceptors (Lipinski definition) is 7. The molecule has 220 valence electrons. The molecule has 6 rings (SSSR count). The maximum atomic E-state index is 12.1. The van der Waals surface area contributed by atoms with Gasteiger partial charge in [-0.2, -0.15) is 10.2 Å². The lowest BCUT2D eigenvalue weighted by atomic mass is 10.1. The normalized spacial score (nSPS) is 11.4. The average Bonchev–Trinajstić information content (AvgIpc) is 3.62. The third-order valence-corrected chi connectivity index (χ3v) is 7.62. The van der Waals surface area contributed by atoms with Crippen molar-refractivity contribution in [3.8, 4) is 5.69 Å². The van der Waals surface area contributed by atoms with Crippen LogP contribution in [-0.2, 0) is 0 Å². The Bertz CT molecular complexity index is 1900. The zero-order valence-corrected chi connectivity index (χ0v) is 25.0. The summed E-state index contributed by atoms with van der Waals surface area (Å²) in [6.45, 7) is 6.91. The second kappa shape index (κ2) is 13.2. The molecular formula is C35H35N8O+. The maximum Gasteiger partial charge on any atom is 0.239 e. The number of rotatable bonds is 11. The quantitative estimate of drug-likeness (QED) is 0.0732. The minimum Gasteiger partial charge on any atom is -0.385 e. The first-order valence-electron chi connectivity index (χ1n) is 15.0. The molecule has 6 aromatic rings. The molecule has 1 N–H and O–H groups in total. The van der Waals surface area contributed by atoms with E-state index in [2.05, 4.69) is 86.3 Å². The molecule has 0 atom stereocenters. The van der Waals surface area contributed by atoms with E-state index in [0.717, 1.165) is 64.3 Å². The first kappa shape index (κ1) is 28.7. The van der Waals surface area contributed by atoms with Crippen molar-refractivity contribution in [2.24, 2.45) is 10.2 Å². The number of para-hydroxylation sites is 1. The van der Waals surface area contributed by atoms with Crippen molar-refractivity contribution < 1.29 is 9.36 Å². The molecule has 2 aromatic heterocycles. The summed E-state index contributed by atoms with van der Waals surface area (Å²) >= 11 is 0. The third kappa shape index (κ3) is 6.32. The molecule has 4 aromatic carbocycles. The number of benzene rings is 4. The molecule has 0 fully saturated rings. The van der Waals surface area contributed by atoms with Crippen LogP contribution in [0.25, 0.3) is 27.8 Å². The summed E-state index contributed by atoms with van der Waals surface area (Å²) in [5, 5.41) is 12.4. The molecule has 0 aliphatic heterocycles. The fourth-order valence-corrected chi connectivity index (χ4v) is 5.30. The number of anilines is 2. The van der Waals surface area contributed by atoms with Gasteiger partial charge in [0.25, 0.3) is 0 Å². The van der Waals surface area contributed by atoms with Gasteiger partial charge in [-0.15, -0.1) is 4.57 Å². The van der Waals surface area contributed by atoms with Crippen LogP contribution < -0.4 is 14.8 Å². The van der Waals surface area contributed by atoms with Crippen LogP contribution >= 0.6 is 0 Å². The Balaban J connectivity index is 1.23. The highest BCUT2D eigenvalue weighted by Crippen LogP contribution is 2.27. The van der Waals surface area contributed by atoms with Gasteiger partial charge in [0.05, 0.1) is 11.4 Å². The molecule has 0 unspecified atom stereocenters. The summed E-state index contributed by atoms with van der Waals surface area (Å²) < 4.78 is 3.77. The Labute approximate surface area is 256 Å². The fourth-order valence-electron chi connectivity index (χ4n) is 5.30. The van der Waals surface area contributed by atoms with Crippen LogP contribution in [0.4, 0.5) is 22.7 Å². The maximum absolute atomic E-state index is 12.1. The minimum absolute atomic E-state index is 0.0383. The Morgan fingerprint density at radius 1 is 0.864 bits per heavy atom. The smallest absolute Gasteiger partial charge is 0.239 e. The van der Waals surface area contributed by atoms with Gasteiger partial charge in [0.1, 0.15) is 17.4 Å². The van der Waals surface area contributed by atoms with E-state index in [1.807, 2.05) is 48.5 Å². The van der Waals surface area contributed by atoms with Gasteiger partial charge in [-0.3, -0.25) is 9.36 Å². The molecule has 44 heavy (non-hydrogen) atoms. The summed E-state index contributed by atoms with van der Waals surface area (Å²) in [6.07, 6.45) is 5.99. The van der Waals surface area contributed by atoms with Crippen LogP contribution in [0.2, 0.25) is 0 Å². The van der Waals surface area contributed by atoms with Gasteiger partial charge in [-0.25, -0.2) is 9.97 Å². The summed E-state index contributed by atoms with van der Waals surface area (Å²) in [4.78, 5) is 23.4. The third-order valence-electron chi connectivity index (χ3n) is 7.62. The number of azo groups is 1. The van der Waals surface area contributed by atoms with E-state index in [1.165, 1.54) is 16.6 Å². The van der Waals surface area contributed by atoms with Gasteiger partial charge in [0, 0.05) is 74.1 Å². The molecule has 9 heteroatoms. The molecule has 0 bridgehead atoms. The first-order chi connectivity index (χ1) is 21.6. The number of nitrogens with one attached hydrogen (secondary N) is 1. The van der Waals surface area contributed by atoms with Crippen LogP contribution in [-0.4, -0.2) is 40.1 Å². The Morgan fingerprint density at radius 3 is 2.30 bits per heavy atom. The molecule has 0 aliphatic carbocycles. The summed E-state index contributed by atoms with van der Waals surface area (Å²) in [5.74, 6) is 0.0383. The lowest BCUT2D eigenvalue weighted by Gasteiger charge is -2.20. The van der Waals surface area contributed by atoms with E-state index >= 15 is 0 Å². The molecule has 0 spiro atoms. The van der Waals surface area contributed by atoms with Gasteiger partial charge in [0.15, 0.2) is 0 Å². The van der Waals surface area contributed by atoms with Crippen molar-refractivity contribution in [3.05, 3.63) is 110 Å². The predicted molar refractivity (Wildman–Crippen MR) is 176 cm³/mol. The molecule has 9 nitrogen and oxygen atoms in total. The van der Waals surface area contributed by atoms with E-state index < -0.39 is 0 Å². The topological polar surface area (TPSA) is 91.6 Å².